The van der Waals surface area contributed by atoms with Crippen molar-refractivity contribution in [2.45, 2.75) is 25.8 Å². The van der Waals surface area contributed by atoms with Crippen LogP contribution in [0.5, 0.6) is 5.75 Å². The molecule has 1 aliphatic rings. The number of fused-ring (bicyclic) bond motifs is 1. The highest BCUT2D eigenvalue weighted by atomic mass is 79.9. The van der Waals surface area contributed by atoms with Crippen molar-refractivity contribution >= 4 is 15.9 Å². The molecule has 14 heavy (non-hydrogen) atoms. The molecule has 0 spiro atoms. The first-order valence-electron chi connectivity index (χ1n) is 4.73. The first-order valence-corrected chi connectivity index (χ1v) is 5.52. The Bertz CT molecular complexity index is 374. The van der Waals surface area contributed by atoms with Crippen LogP contribution in [-0.4, -0.2) is 6.61 Å². The van der Waals surface area contributed by atoms with Crippen LogP contribution < -0.4 is 10.5 Å². The molecule has 0 amide bonds. The first kappa shape index (κ1) is 9.99. The Morgan fingerprint density at radius 3 is 2.93 bits per heavy atom. The summed E-state index contributed by atoms with van der Waals surface area (Å²) < 4.78 is 6.71. The van der Waals surface area contributed by atoms with E-state index >= 15 is 0 Å². The fraction of sp³-hybridized carbons (Fsp3) is 0.455. The molecule has 0 radical (unpaired) electrons. The molecule has 2 rings (SSSR count). The minimum Gasteiger partial charge on any atom is -0.493 e. The van der Waals surface area contributed by atoms with E-state index in [4.69, 9.17) is 10.5 Å². The van der Waals surface area contributed by atoms with Gasteiger partial charge in [-0.2, -0.15) is 0 Å². The minimum absolute atomic E-state index is 0.262. The van der Waals surface area contributed by atoms with E-state index < -0.39 is 0 Å². The summed E-state index contributed by atoms with van der Waals surface area (Å²) in [5, 5.41) is 0. The lowest BCUT2D eigenvalue weighted by Crippen LogP contribution is -2.38. The Labute approximate surface area is 92.6 Å². The zero-order chi connectivity index (χ0) is 10.3. The predicted molar refractivity (Wildman–Crippen MR) is 60.5 cm³/mol. The molecular weight excluding hydrogens is 242 g/mol. The van der Waals surface area contributed by atoms with Crippen LogP contribution in [0.2, 0.25) is 0 Å². The summed E-state index contributed by atoms with van der Waals surface area (Å²) in [6.45, 7) is 4.81. The third-order valence-corrected chi connectivity index (χ3v) is 3.18. The van der Waals surface area contributed by atoms with Crippen LogP contribution in [0.4, 0.5) is 0 Å². The van der Waals surface area contributed by atoms with E-state index in [0.717, 1.165) is 27.8 Å². The lowest BCUT2D eigenvalue weighted by atomic mass is 9.86. The molecule has 3 heteroatoms. The maximum Gasteiger partial charge on any atom is 0.127 e. The van der Waals surface area contributed by atoms with Gasteiger partial charge in [-0.15, -0.1) is 0 Å². The van der Waals surface area contributed by atoms with Crippen molar-refractivity contribution in [1.29, 1.82) is 0 Å². The van der Waals surface area contributed by atoms with Crippen molar-refractivity contribution in [2.24, 2.45) is 5.73 Å². The highest BCUT2D eigenvalue weighted by Crippen LogP contribution is 2.38. The van der Waals surface area contributed by atoms with Gasteiger partial charge < -0.3 is 10.5 Å². The number of hydrogen-bond acceptors (Lipinski definition) is 2. The summed E-state index contributed by atoms with van der Waals surface area (Å²) in [5.41, 5.74) is 8.22. The van der Waals surface area contributed by atoms with Crippen molar-refractivity contribution in [3.05, 3.63) is 27.7 Å². The van der Waals surface area contributed by atoms with Crippen LogP contribution in [0.15, 0.2) is 16.6 Å². The second kappa shape index (κ2) is 3.24. The maximum atomic E-state index is 6.23. The van der Waals surface area contributed by atoms with E-state index in [2.05, 4.69) is 35.0 Å². The fourth-order valence-corrected chi connectivity index (χ4v) is 2.42. The second-order valence-electron chi connectivity index (χ2n) is 4.12. The molecule has 76 valence electrons. The van der Waals surface area contributed by atoms with E-state index in [9.17, 15) is 0 Å². The molecule has 1 aromatic rings. The van der Waals surface area contributed by atoms with E-state index in [1.54, 1.807) is 0 Å². The van der Waals surface area contributed by atoms with E-state index in [0.29, 0.717) is 6.61 Å². The van der Waals surface area contributed by atoms with Crippen LogP contribution >= 0.6 is 15.9 Å². The Balaban J connectivity index is 2.63. The van der Waals surface area contributed by atoms with Gasteiger partial charge in [0.1, 0.15) is 5.75 Å². The quantitative estimate of drug-likeness (QED) is 0.774. The van der Waals surface area contributed by atoms with Crippen molar-refractivity contribution in [3.8, 4) is 5.75 Å². The average molecular weight is 256 g/mol. The van der Waals surface area contributed by atoms with E-state index in [-0.39, 0.29) is 5.54 Å². The minimum atomic E-state index is -0.262. The number of benzene rings is 1. The van der Waals surface area contributed by atoms with Gasteiger partial charge in [0.05, 0.1) is 6.61 Å². The summed E-state index contributed by atoms with van der Waals surface area (Å²) in [4.78, 5) is 0. The number of nitrogens with two attached hydrogens (primary N) is 1. The van der Waals surface area contributed by atoms with Gasteiger partial charge in [0.15, 0.2) is 0 Å². The fourth-order valence-electron chi connectivity index (χ4n) is 1.85. The molecule has 1 aliphatic heterocycles. The average Bonchev–Trinajstić information content (AvgIpc) is 2.06. The normalized spacial score (nSPS) is 25.4. The number of aryl methyl sites for hydroxylation is 1. The lowest BCUT2D eigenvalue weighted by molar-refractivity contribution is 0.226. The molecule has 2 nitrogen and oxygen atoms in total. The number of ether oxygens (including phenoxy) is 1. The molecule has 1 atom stereocenters. The Kier molecular flexibility index (Phi) is 2.32. The largest absolute Gasteiger partial charge is 0.493 e. The summed E-state index contributed by atoms with van der Waals surface area (Å²) in [5.74, 6) is 0.962. The molecule has 0 saturated carbocycles. The maximum absolute atomic E-state index is 6.23. The molecular formula is C11H14BrNO. The van der Waals surface area contributed by atoms with Crippen molar-refractivity contribution < 1.29 is 4.74 Å². The van der Waals surface area contributed by atoms with Gasteiger partial charge in [0, 0.05) is 22.0 Å². The molecule has 1 unspecified atom stereocenters. The van der Waals surface area contributed by atoms with Gasteiger partial charge in [0.25, 0.3) is 0 Å². The molecule has 0 saturated heterocycles. The van der Waals surface area contributed by atoms with Gasteiger partial charge in [-0.3, -0.25) is 0 Å². The number of rotatable bonds is 0. The SMILES string of the molecule is Cc1cc(Br)cc2c1OCCC2(C)N. The monoisotopic (exact) mass is 255 g/mol. The van der Waals surface area contributed by atoms with E-state index in [1.165, 1.54) is 0 Å². The zero-order valence-corrected chi connectivity index (χ0v) is 10.0. The van der Waals surface area contributed by atoms with Gasteiger partial charge in [0.2, 0.25) is 0 Å². The topological polar surface area (TPSA) is 35.2 Å². The van der Waals surface area contributed by atoms with Crippen molar-refractivity contribution in [2.75, 3.05) is 6.61 Å². The van der Waals surface area contributed by atoms with E-state index in [1.807, 2.05) is 6.92 Å². The molecule has 1 aromatic carbocycles. The summed E-state index contributed by atoms with van der Waals surface area (Å²) in [7, 11) is 0. The van der Waals surface area contributed by atoms with Crippen LogP contribution in [-0.2, 0) is 5.54 Å². The highest BCUT2D eigenvalue weighted by Gasteiger charge is 2.30. The Morgan fingerprint density at radius 1 is 1.50 bits per heavy atom. The summed E-state index contributed by atoms with van der Waals surface area (Å²) >= 11 is 3.48. The molecule has 0 bridgehead atoms. The van der Waals surface area contributed by atoms with Crippen LogP contribution in [0.3, 0.4) is 0 Å². The van der Waals surface area contributed by atoms with Crippen LogP contribution in [0, 0.1) is 6.92 Å². The summed E-state index contributed by atoms with van der Waals surface area (Å²) in [6, 6.07) is 4.11. The van der Waals surface area contributed by atoms with Crippen LogP contribution in [0.1, 0.15) is 24.5 Å². The molecule has 0 aromatic heterocycles. The molecule has 0 fully saturated rings. The van der Waals surface area contributed by atoms with Gasteiger partial charge in [-0.1, -0.05) is 15.9 Å². The standard InChI is InChI=1S/C11H14BrNO/c1-7-5-8(12)6-9-10(7)14-4-3-11(9,2)13/h5-6H,3-4,13H2,1-2H3. The molecule has 2 N–H and O–H groups in total. The lowest BCUT2D eigenvalue weighted by Gasteiger charge is -2.33. The third kappa shape index (κ3) is 1.55. The summed E-state index contributed by atoms with van der Waals surface area (Å²) in [6.07, 6.45) is 0.871. The Hall–Kier alpha value is -0.540. The third-order valence-electron chi connectivity index (χ3n) is 2.72. The number of halogens is 1. The predicted octanol–water partition coefficient (Wildman–Crippen LogP) is 2.71. The highest BCUT2D eigenvalue weighted by molar-refractivity contribution is 9.10. The van der Waals surface area contributed by atoms with Crippen LogP contribution in [0.25, 0.3) is 0 Å². The smallest absolute Gasteiger partial charge is 0.127 e. The molecule has 0 aliphatic carbocycles. The zero-order valence-electron chi connectivity index (χ0n) is 8.43. The van der Waals surface area contributed by atoms with Gasteiger partial charge in [-0.05, 0) is 31.5 Å². The van der Waals surface area contributed by atoms with Crippen molar-refractivity contribution in [3.63, 3.8) is 0 Å². The second-order valence-corrected chi connectivity index (χ2v) is 5.03. The van der Waals surface area contributed by atoms with Crippen molar-refractivity contribution in [1.82, 2.24) is 0 Å². The molecule has 1 heterocycles. The number of hydrogen-bond donors (Lipinski definition) is 1. The Morgan fingerprint density at radius 2 is 2.21 bits per heavy atom. The first-order chi connectivity index (χ1) is 6.50. The van der Waals surface area contributed by atoms with Gasteiger partial charge >= 0.3 is 0 Å². The van der Waals surface area contributed by atoms with Gasteiger partial charge in [-0.25, -0.2) is 0 Å².